The maximum absolute atomic E-state index is 11.9. The van der Waals surface area contributed by atoms with Gasteiger partial charge in [-0.25, -0.2) is 5.43 Å². The average molecular weight is 372 g/mol. The third-order valence-electron chi connectivity index (χ3n) is 3.77. The molecular weight excluding hydrogens is 348 g/mol. The normalized spacial score (nSPS) is 10.5. The van der Waals surface area contributed by atoms with E-state index in [0.717, 1.165) is 12.0 Å². The Balaban J connectivity index is 1.95. The highest BCUT2D eigenvalue weighted by atomic mass is 16.5. The van der Waals surface area contributed by atoms with Crippen molar-refractivity contribution in [2.45, 2.75) is 13.3 Å². The number of carbonyl (C=O) groups excluding carboxylic acids is 1. The van der Waals surface area contributed by atoms with Crippen LogP contribution in [0.25, 0.3) is 0 Å². The third-order valence-corrected chi connectivity index (χ3v) is 3.77. The number of amides is 1. The lowest BCUT2D eigenvalue weighted by atomic mass is 10.2. The van der Waals surface area contributed by atoms with Gasteiger partial charge in [0.2, 0.25) is 5.75 Å². The molecule has 0 atom stereocenters. The maximum Gasteiger partial charge on any atom is 0.277 e. The predicted molar refractivity (Wildman–Crippen MR) is 103 cm³/mol. The quantitative estimate of drug-likeness (QED) is 0.541. The van der Waals surface area contributed by atoms with Gasteiger partial charge in [0.1, 0.15) is 5.75 Å². The summed E-state index contributed by atoms with van der Waals surface area (Å²) in [6, 6.07) is 11.1. The fourth-order valence-corrected chi connectivity index (χ4v) is 2.39. The first-order valence-corrected chi connectivity index (χ1v) is 8.44. The summed E-state index contributed by atoms with van der Waals surface area (Å²) in [5.74, 6) is 1.79. The molecule has 27 heavy (non-hydrogen) atoms. The van der Waals surface area contributed by atoms with Crippen LogP contribution in [0.3, 0.4) is 0 Å². The van der Waals surface area contributed by atoms with E-state index in [1.165, 1.54) is 27.5 Å². The van der Waals surface area contributed by atoms with E-state index in [-0.39, 0.29) is 12.5 Å². The Morgan fingerprint density at radius 1 is 1.07 bits per heavy atom. The molecule has 2 aromatic carbocycles. The fourth-order valence-electron chi connectivity index (χ4n) is 2.39. The summed E-state index contributed by atoms with van der Waals surface area (Å²) < 4.78 is 21.3. The molecule has 0 radical (unpaired) electrons. The molecule has 0 aromatic heterocycles. The summed E-state index contributed by atoms with van der Waals surface area (Å²) in [5, 5.41) is 3.94. The zero-order valence-corrected chi connectivity index (χ0v) is 15.9. The number of hydrogen-bond donors (Lipinski definition) is 1. The third kappa shape index (κ3) is 5.64. The van der Waals surface area contributed by atoms with Crippen LogP contribution in [0.4, 0.5) is 0 Å². The van der Waals surface area contributed by atoms with Crippen LogP contribution >= 0.6 is 0 Å². The Morgan fingerprint density at radius 3 is 2.37 bits per heavy atom. The van der Waals surface area contributed by atoms with Gasteiger partial charge in [-0.3, -0.25) is 4.79 Å². The van der Waals surface area contributed by atoms with Crippen LogP contribution in [0.2, 0.25) is 0 Å². The molecule has 7 heteroatoms. The Labute approximate surface area is 158 Å². The SMILES string of the molecule is CCc1cccc(OCC(=O)N/N=C/c2cc(OC)c(OC)c(OC)c2)c1. The number of nitrogens with one attached hydrogen (secondary N) is 1. The van der Waals surface area contributed by atoms with E-state index in [9.17, 15) is 4.79 Å². The maximum atomic E-state index is 11.9. The van der Waals surface area contributed by atoms with E-state index in [1.807, 2.05) is 24.3 Å². The number of carbonyl (C=O) groups is 1. The topological polar surface area (TPSA) is 78.4 Å². The molecule has 0 aliphatic rings. The molecule has 0 saturated heterocycles. The molecule has 0 spiro atoms. The largest absolute Gasteiger partial charge is 0.493 e. The van der Waals surface area contributed by atoms with Gasteiger partial charge in [0.15, 0.2) is 18.1 Å². The molecule has 2 aromatic rings. The lowest BCUT2D eigenvalue weighted by Gasteiger charge is -2.12. The van der Waals surface area contributed by atoms with Gasteiger partial charge < -0.3 is 18.9 Å². The first-order valence-electron chi connectivity index (χ1n) is 8.44. The minimum absolute atomic E-state index is 0.125. The van der Waals surface area contributed by atoms with E-state index in [1.54, 1.807) is 12.1 Å². The number of hydrogen-bond acceptors (Lipinski definition) is 6. The zero-order valence-electron chi connectivity index (χ0n) is 15.9. The van der Waals surface area contributed by atoms with Crippen LogP contribution in [0, 0.1) is 0 Å². The van der Waals surface area contributed by atoms with Crippen LogP contribution in [-0.2, 0) is 11.2 Å². The molecule has 144 valence electrons. The minimum atomic E-state index is -0.361. The van der Waals surface area contributed by atoms with Gasteiger partial charge in [-0.1, -0.05) is 19.1 Å². The van der Waals surface area contributed by atoms with Crippen LogP contribution in [0.15, 0.2) is 41.5 Å². The molecule has 2 rings (SSSR count). The van der Waals surface area contributed by atoms with Crippen molar-refractivity contribution in [2.24, 2.45) is 5.10 Å². The Bertz CT molecular complexity index is 780. The standard InChI is InChI=1S/C20H24N2O5/c1-5-14-7-6-8-16(9-14)27-13-19(23)22-21-12-15-10-17(24-2)20(26-4)18(11-15)25-3/h6-12H,5,13H2,1-4H3,(H,22,23)/b21-12+. The lowest BCUT2D eigenvalue weighted by molar-refractivity contribution is -0.123. The van der Waals surface area contributed by atoms with Crippen LogP contribution in [0.5, 0.6) is 23.0 Å². The molecule has 0 fully saturated rings. The van der Waals surface area contributed by atoms with Crippen molar-refractivity contribution >= 4 is 12.1 Å². The van der Waals surface area contributed by atoms with Crippen molar-refractivity contribution in [3.8, 4) is 23.0 Å². The second-order valence-corrected chi connectivity index (χ2v) is 5.54. The smallest absolute Gasteiger partial charge is 0.277 e. The first-order chi connectivity index (χ1) is 13.1. The monoisotopic (exact) mass is 372 g/mol. The highest BCUT2D eigenvalue weighted by Crippen LogP contribution is 2.37. The lowest BCUT2D eigenvalue weighted by Crippen LogP contribution is -2.24. The highest BCUT2D eigenvalue weighted by molar-refractivity contribution is 5.84. The van der Waals surface area contributed by atoms with Gasteiger partial charge in [0.05, 0.1) is 27.5 Å². The van der Waals surface area contributed by atoms with Crippen LogP contribution < -0.4 is 24.4 Å². The van der Waals surface area contributed by atoms with Gasteiger partial charge in [-0.2, -0.15) is 5.10 Å². The van der Waals surface area contributed by atoms with Crippen molar-refractivity contribution in [2.75, 3.05) is 27.9 Å². The van der Waals surface area contributed by atoms with Gasteiger partial charge in [-0.15, -0.1) is 0 Å². The fraction of sp³-hybridized carbons (Fsp3) is 0.300. The predicted octanol–water partition coefficient (Wildman–Crippen LogP) is 2.80. The van der Waals surface area contributed by atoms with E-state index in [4.69, 9.17) is 18.9 Å². The Kier molecular flexibility index (Phi) is 7.49. The average Bonchev–Trinajstić information content (AvgIpc) is 2.71. The summed E-state index contributed by atoms with van der Waals surface area (Å²) in [6.07, 6.45) is 2.39. The molecule has 0 heterocycles. The van der Waals surface area contributed by atoms with Gasteiger partial charge >= 0.3 is 0 Å². The number of nitrogens with zero attached hydrogens (tertiary/aromatic N) is 1. The molecule has 0 aliphatic heterocycles. The van der Waals surface area contributed by atoms with E-state index < -0.39 is 0 Å². The highest BCUT2D eigenvalue weighted by Gasteiger charge is 2.12. The molecular formula is C20H24N2O5. The molecule has 1 amide bonds. The summed E-state index contributed by atoms with van der Waals surface area (Å²) >= 11 is 0. The Hall–Kier alpha value is -3.22. The van der Waals surface area contributed by atoms with Crippen molar-refractivity contribution in [1.29, 1.82) is 0 Å². The van der Waals surface area contributed by atoms with E-state index in [0.29, 0.717) is 28.6 Å². The summed E-state index contributed by atoms with van der Waals surface area (Å²) in [6.45, 7) is 1.93. The molecule has 0 aliphatic carbocycles. The van der Waals surface area contributed by atoms with E-state index in [2.05, 4.69) is 17.5 Å². The van der Waals surface area contributed by atoms with Crippen LogP contribution in [-0.4, -0.2) is 40.1 Å². The number of ether oxygens (including phenoxy) is 4. The summed E-state index contributed by atoms with van der Waals surface area (Å²) in [4.78, 5) is 11.9. The summed E-state index contributed by atoms with van der Waals surface area (Å²) in [7, 11) is 4.60. The minimum Gasteiger partial charge on any atom is -0.493 e. The molecule has 0 bridgehead atoms. The molecule has 0 unspecified atom stereocenters. The first kappa shape index (κ1) is 20.1. The number of methoxy groups -OCH3 is 3. The number of benzene rings is 2. The van der Waals surface area contributed by atoms with Gasteiger partial charge in [0.25, 0.3) is 5.91 Å². The number of hydrazone groups is 1. The molecule has 0 saturated carbocycles. The van der Waals surface area contributed by atoms with Crippen molar-refractivity contribution in [3.63, 3.8) is 0 Å². The second-order valence-electron chi connectivity index (χ2n) is 5.54. The molecule has 1 N–H and O–H groups in total. The summed E-state index contributed by atoms with van der Waals surface area (Å²) in [5.41, 5.74) is 4.25. The van der Waals surface area contributed by atoms with Gasteiger partial charge in [0, 0.05) is 5.56 Å². The van der Waals surface area contributed by atoms with Crippen molar-refractivity contribution in [1.82, 2.24) is 5.43 Å². The molecule has 7 nitrogen and oxygen atoms in total. The van der Waals surface area contributed by atoms with Gasteiger partial charge in [-0.05, 0) is 36.2 Å². The number of aryl methyl sites for hydroxylation is 1. The van der Waals surface area contributed by atoms with Crippen molar-refractivity contribution in [3.05, 3.63) is 47.5 Å². The van der Waals surface area contributed by atoms with E-state index >= 15 is 0 Å². The van der Waals surface area contributed by atoms with Crippen molar-refractivity contribution < 1.29 is 23.7 Å². The number of rotatable bonds is 9. The zero-order chi connectivity index (χ0) is 19.6. The van der Waals surface area contributed by atoms with Crippen LogP contribution in [0.1, 0.15) is 18.1 Å². The second kappa shape index (κ2) is 10.1. The Morgan fingerprint density at radius 2 is 1.78 bits per heavy atom.